The highest BCUT2D eigenvalue weighted by molar-refractivity contribution is 9.11. The number of amides is 1. The molecule has 0 aliphatic heterocycles. The van der Waals surface area contributed by atoms with Crippen LogP contribution in [0.4, 0.5) is 11.4 Å². The van der Waals surface area contributed by atoms with E-state index in [2.05, 4.69) is 37.2 Å². The molecule has 0 radical (unpaired) electrons. The van der Waals surface area contributed by atoms with Gasteiger partial charge in [-0.15, -0.1) is 11.3 Å². The first-order chi connectivity index (χ1) is 9.04. The van der Waals surface area contributed by atoms with E-state index in [0.717, 1.165) is 0 Å². The van der Waals surface area contributed by atoms with Crippen molar-refractivity contribution in [1.82, 2.24) is 0 Å². The zero-order valence-corrected chi connectivity index (χ0v) is 13.9. The van der Waals surface area contributed by atoms with Crippen molar-refractivity contribution >= 4 is 60.5 Å². The molecule has 1 heterocycles. The lowest BCUT2D eigenvalue weighted by molar-refractivity contribution is 0.103. The van der Waals surface area contributed by atoms with Crippen molar-refractivity contribution in [3.63, 3.8) is 0 Å². The maximum atomic E-state index is 12.0. The summed E-state index contributed by atoms with van der Waals surface area (Å²) in [6.07, 6.45) is 0. The Hall–Kier alpha value is -1.05. The minimum Gasteiger partial charge on any atom is -0.493 e. The molecule has 0 unspecified atom stereocenters. The van der Waals surface area contributed by atoms with Gasteiger partial charge in [0.15, 0.2) is 5.75 Å². The number of nitrogens with one attached hydrogen (secondary N) is 1. The molecule has 19 heavy (non-hydrogen) atoms. The van der Waals surface area contributed by atoms with Gasteiger partial charge < -0.3 is 15.8 Å². The second kappa shape index (κ2) is 5.94. The second-order valence-electron chi connectivity index (χ2n) is 3.60. The first-order valence-electron chi connectivity index (χ1n) is 5.21. The molecule has 100 valence electrons. The average molecular weight is 406 g/mol. The van der Waals surface area contributed by atoms with Crippen molar-refractivity contribution in [2.24, 2.45) is 0 Å². The van der Waals surface area contributed by atoms with Crippen LogP contribution in [0, 0.1) is 0 Å². The normalized spacial score (nSPS) is 10.3. The van der Waals surface area contributed by atoms with Gasteiger partial charge >= 0.3 is 0 Å². The number of nitrogens with two attached hydrogens (primary N) is 1. The van der Waals surface area contributed by atoms with Gasteiger partial charge in [0.1, 0.15) is 0 Å². The highest BCUT2D eigenvalue weighted by Crippen LogP contribution is 2.42. The van der Waals surface area contributed by atoms with Crippen LogP contribution < -0.4 is 15.8 Å². The monoisotopic (exact) mass is 404 g/mol. The van der Waals surface area contributed by atoms with E-state index in [1.807, 2.05) is 11.4 Å². The summed E-state index contributed by atoms with van der Waals surface area (Å²) in [5.74, 6) is 0.308. The van der Waals surface area contributed by atoms with Crippen LogP contribution in [0.15, 0.2) is 32.5 Å². The maximum Gasteiger partial charge on any atom is 0.265 e. The maximum absolute atomic E-state index is 12.0. The van der Waals surface area contributed by atoms with Crippen molar-refractivity contribution in [2.45, 2.75) is 0 Å². The molecule has 0 saturated heterocycles. The number of hydrogen-bond donors (Lipinski definition) is 2. The number of thiophene rings is 1. The smallest absolute Gasteiger partial charge is 0.265 e. The van der Waals surface area contributed by atoms with Crippen molar-refractivity contribution in [2.75, 3.05) is 18.2 Å². The number of benzene rings is 1. The Bertz CT molecular complexity index is 615. The van der Waals surface area contributed by atoms with Gasteiger partial charge in [0.05, 0.1) is 27.8 Å². The Labute approximate surface area is 131 Å². The van der Waals surface area contributed by atoms with Crippen LogP contribution in [-0.2, 0) is 0 Å². The van der Waals surface area contributed by atoms with Crippen molar-refractivity contribution < 1.29 is 9.53 Å². The largest absolute Gasteiger partial charge is 0.493 e. The number of rotatable bonds is 3. The van der Waals surface area contributed by atoms with Gasteiger partial charge in [-0.2, -0.15) is 0 Å². The van der Waals surface area contributed by atoms with Gasteiger partial charge in [-0.05, 0) is 49.4 Å². The predicted molar refractivity (Wildman–Crippen MR) is 85.1 cm³/mol. The average Bonchev–Trinajstić information content (AvgIpc) is 2.90. The zero-order valence-electron chi connectivity index (χ0n) is 9.87. The van der Waals surface area contributed by atoms with Gasteiger partial charge in [0.25, 0.3) is 5.91 Å². The number of carbonyl (C=O) groups is 1. The Kier molecular flexibility index (Phi) is 4.49. The van der Waals surface area contributed by atoms with E-state index >= 15 is 0 Å². The molecule has 7 heteroatoms. The summed E-state index contributed by atoms with van der Waals surface area (Å²) >= 11 is 8.07. The van der Waals surface area contributed by atoms with E-state index in [0.29, 0.717) is 30.9 Å². The standard InChI is InChI=1S/C12H10Br2N2O2S/c1-18-11-7(5-6(13)10(15)9(11)14)16-12(17)8-3-2-4-19-8/h2-5H,15H2,1H3,(H,16,17). The minimum absolute atomic E-state index is 0.183. The van der Waals surface area contributed by atoms with E-state index in [9.17, 15) is 4.79 Å². The predicted octanol–water partition coefficient (Wildman–Crippen LogP) is 4.12. The lowest BCUT2D eigenvalue weighted by Crippen LogP contribution is -2.11. The molecule has 2 rings (SSSR count). The summed E-state index contributed by atoms with van der Waals surface area (Å²) < 4.78 is 6.56. The van der Waals surface area contributed by atoms with Crippen LogP contribution in [0.5, 0.6) is 5.75 Å². The first kappa shape index (κ1) is 14.4. The molecule has 0 atom stereocenters. The van der Waals surface area contributed by atoms with E-state index in [1.54, 1.807) is 12.1 Å². The molecule has 1 aromatic carbocycles. The van der Waals surface area contributed by atoms with Gasteiger partial charge in [0, 0.05) is 4.47 Å². The number of methoxy groups -OCH3 is 1. The molecule has 4 nitrogen and oxygen atoms in total. The molecule has 0 bridgehead atoms. The number of nitrogen functional groups attached to an aromatic ring is 1. The highest BCUT2D eigenvalue weighted by Gasteiger charge is 2.17. The lowest BCUT2D eigenvalue weighted by Gasteiger charge is -2.14. The molecule has 2 aromatic rings. The fourth-order valence-electron chi connectivity index (χ4n) is 1.50. The van der Waals surface area contributed by atoms with E-state index in [-0.39, 0.29) is 5.91 Å². The SMILES string of the molecule is COc1c(NC(=O)c2cccs2)cc(Br)c(N)c1Br. The molecular formula is C12H10Br2N2O2S. The number of ether oxygens (including phenoxy) is 1. The van der Waals surface area contributed by atoms with Crippen LogP contribution >= 0.6 is 43.2 Å². The van der Waals surface area contributed by atoms with Gasteiger partial charge in [-0.3, -0.25) is 4.79 Å². The third-order valence-corrected chi connectivity index (χ3v) is 4.72. The minimum atomic E-state index is -0.183. The summed E-state index contributed by atoms with van der Waals surface area (Å²) in [4.78, 5) is 12.7. The Morgan fingerprint density at radius 2 is 2.21 bits per heavy atom. The molecule has 0 fully saturated rings. The quantitative estimate of drug-likeness (QED) is 0.755. The number of hydrogen-bond acceptors (Lipinski definition) is 4. The molecule has 1 amide bonds. The summed E-state index contributed by atoms with van der Waals surface area (Å²) in [7, 11) is 1.52. The third kappa shape index (κ3) is 2.93. The molecule has 0 spiro atoms. The van der Waals surface area contributed by atoms with Crippen molar-refractivity contribution in [3.8, 4) is 5.75 Å². The van der Waals surface area contributed by atoms with Gasteiger partial charge in [-0.25, -0.2) is 0 Å². The van der Waals surface area contributed by atoms with E-state index in [4.69, 9.17) is 10.5 Å². The van der Waals surface area contributed by atoms with E-state index < -0.39 is 0 Å². The van der Waals surface area contributed by atoms with E-state index in [1.165, 1.54) is 18.4 Å². The van der Waals surface area contributed by atoms with Crippen LogP contribution in [0.1, 0.15) is 9.67 Å². The third-order valence-electron chi connectivity index (χ3n) is 2.41. The summed E-state index contributed by atoms with van der Waals surface area (Å²) in [5.41, 5.74) is 6.94. The van der Waals surface area contributed by atoms with Gasteiger partial charge in [0.2, 0.25) is 0 Å². The van der Waals surface area contributed by atoms with Crippen LogP contribution in [0.2, 0.25) is 0 Å². The Morgan fingerprint density at radius 1 is 1.47 bits per heavy atom. The lowest BCUT2D eigenvalue weighted by atomic mass is 10.2. The van der Waals surface area contributed by atoms with Crippen LogP contribution in [0.3, 0.4) is 0 Å². The summed E-state index contributed by atoms with van der Waals surface area (Å²) in [6.45, 7) is 0. The fraction of sp³-hybridized carbons (Fsp3) is 0.0833. The highest BCUT2D eigenvalue weighted by atomic mass is 79.9. The Balaban J connectivity index is 2.37. The molecule has 0 saturated carbocycles. The number of carbonyl (C=O) groups excluding carboxylic acids is 1. The number of halogens is 2. The Morgan fingerprint density at radius 3 is 2.79 bits per heavy atom. The van der Waals surface area contributed by atoms with Crippen LogP contribution in [-0.4, -0.2) is 13.0 Å². The fourth-order valence-corrected chi connectivity index (χ4v) is 3.40. The molecule has 0 aliphatic rings. The van der Waals surface area contributed by atoms with Crippen molar-refractivity contribution in [3.05, 3.63) is 37.4 Å². The van der Waals surface area contributed by atoms with Crippen molar-refractivity contribution in [1.29, 1.82) is 0 Å². The number of anilines is 2. The molecule has 3 N–H and O–H groups in total. The zero-order chi connectivity index (χ0) is 14.0. The second-order valence-corrected chi connectivity index (χ2v) is 6.19. The topological polar surface area (TPSA) is 64.3 Å². The molecule has 1 aromatic heterocycles. The summed E-state index contributed by atoms with van der Waals surface area (Å²) in [6, 6.07) is 5.30. The molecular weight excluding hydrogens is 396 g/mol. The van der Waals surface area contributed by atoms with Crippen LogP contribution in [0.25, 0.3) is 0 Å². The van der Waals surface area contributed by atoms with Gasteiger partial charge in [-0.1, -0.05) is 6.07 Å². The summed E-state index contributed by atoms with van der Waals surface area (Å²) in [5, 5.41) is 4.65. The first-order valence-corrected chi connectivity index (χ1v) is 7.67. The molecule has 0 aliphatic carbocycles.